The number of amides is 1. The Morgan fingerprint density at radius 1 is 1.38 bits per heavy atom. The fourth-order valence-corrected chi connectivity index (χ4v) is 6.43. The van der Waals surface area contributed by atoms with Crippen LogP contribution in [0.15, 0.2) is 10.4 Å². The molecule has 1 fully saturated rings. The highest BCUT2D eigenvalue weighted by molar-refractivity contribution is 7.91. The number of rotatable bonds is 4. The predicted octanol–water partition coefficient (Wildman–Crippen LogP) is 1.75. The minimum atomic E-state index is -3.59. The molecule has 1 aliphatic rings. The highest BCUT2D eigenvalue weighted by atomic mass is 32.2. The summed E-state index contributed by atoms with van der Waals surface area (Å²) in [5, 5.41) is 7.66. The number of aryl methyl sites for hydroxylation is 2. The van der Waals surface area contributed by atoms with Crippen LogP contribution in [0.5, 0.6) is 0 Å². The van der Waals surface area contributed by atoms with E-state index in [0.717, 1.165) is 17.8 Å². The highest BCUT2D eigenvalue weighted by Gasteiger charge is 2.35. The number of H-pyrrole nitrogens is 1. The van der Waals surface area contributed by atoms with Crippen LogP contribution >= 0.6 is 11.3 Å². The van der Waals surface area contributed by atoms with Crippen molar-refractivity contribution in [3.63, 3.8) is 0 Å². The van der Waals surface area contributed by atoms with Gasteiger partial charge in [0, 0.05) is 33.1 Å². The van der Waals surface area contributed by atoms with Gasteiger partial charge < -0.3 is 4.90 Å². The fourth-order valence-electron chi connectivity index (χ4n) is 3.28. The molecular formula is C16H23N5O3S2. The Bertz CT molecular complexity index is 916. The Morgan fingerprint density at radius 3 is 2.73 bits per heavy atom. The first kappa shape index (κ1) is 19.0. The molecule has 1 amide bonds. The maximum Gasteiger partial charge on any atom is 0.256 e. The van der Waals surface area contributed by atoms with Crippen molar-refractivity contribution in [1.82, 2.24) is 24.4 Å². The smallest absolute Gasteiger partial charge is 0.256 e. The molecule has 3 rings (SSSR count). The van der Waals surface area contributed by atoms with Gasteiger partial charge in [-0.2, -0.15) is 9.40 Å². The summed E-state index contributed by atoms with van der Waals surface area (Å²) >= 11 is 1.20. The molecule has 1 aliphatic heterocycles. The largest absolute Gasteiger partial charge is 0.345 e. The normalized spacial score (nSPS) is 18.8. The molecule has 0 spiro atoms. The zero-order chi connectivity index (χ0) is 19.1. The molecule has 2 aromatic rings. The zero-order valence-corrected chi connectivity index (χ0v) is 16.9. The van der Waals surface area contributed by atoms with Crippen molar-refractivity contribution in [2.45, 2.75) is 36.8 Å². The van der Waals surface area contributed by atoms with E-state index in [9.17, 15) is 13.2 Å². The molecule has 0 aliphatic carbocycles. The van der Waals surface area contributed by atoms with Crippen LogP contribution in [-0.2, 0) is 10.0 Å². The lowest BCUT2D eigenvalue weighted by Crippen LogP contribution is -2.39. The molecule has 0 bridgehead atoms. The Hall–Kier alpha value is -1.78. The van der Waals surface area contributed by atoms with Gasteiger partial charge in [0.25, 0.3) is 15.9 Å². The molecule has 0 radical (unpaired) electrons. The van der Waals surface area contributed by atoms with Gasteiger partial charge in [-0.25, -0.2) is 13.4 Å². The van der Waals surface area contributed by atoms with E-state index in [2.05, 4.69) is 15.2 Å². The monoisotopic (exact) mass is 397 g/mol. The van der Waals surface area contributed by atoms with Crippen LogP contribution in [0, 0.1) is 13.8 Å². The predicted molar refractivity (Wildman–Crippen MR) is 98.9 cm³/mol. The number of sulfonamides is 1. The summed E-state index contributed by atoms with van der Waals surface area (Å²) in [5.74, 6) is -0.225. The number of aromatic nitrogens is 3. The van der Waals surface area contributed by atoms with Crippen LogP contribution in [0.4, 0.5) is 0 Å². The van der Waals surface area contributed by atoms with Crippen molar-refractivity contribution in [2.75, 3.05) is 27.2 Å². The SMILES string of the molecule is Cc1nc(C)c(S(=O)(=O)N2CCC[C@@H](c3[nH]ncc3C(=O)N(C)C)C2)s1. The number of piperidine rings is 1. The van der Waals surface area contributed by atoms with E-state index in [4.69, 9.17) is 0 Å². The third-order valence-electron chi connectivity index (χ3n) is 4.53. The van der Waals surface area contributed by atoms with Crippen molar-refractivity contribution >= 4 is 27.3 Å². The molecule has 142 valence electrons. The first-order chi connectivity index (χ1) is 12.2. The summed E-state index contributed by atoms with van der Waals surface area (Å²) in [7, 11) is -0.213. The lowest BCUT2D eigenvalue weighted by molar-refractivity contribution is 0.0825. The number of hydrogen-bond donors (Lipinski definition) is 1. The van der Waals surface area contributed by atoms with Crippen molar-refractivity contribution in [3.8, 4) is 0 Å². The highest BCUT2D eigenvalue weighted by Crippen LogP contribution is 2.33. The summed E-state index contributed by atoms with van der Waals surface area (Å²) in [6.45, 7) is 4.33. The van der Waals surface area contributed by atoms with Crippen molar-refractivity contribution in [2.24, 2.45) is 0 Å². The van der Waals surface area contributed by atoms with E-state index < -0.39 is 10.0 Å². The molecule has 10 heteroatoms. The summed E-state index contributed by atoms with van der Waals surface area (Å²) < 4.78 is 27.9. The van der Waals surface area contributed by atoms with E-state index >= 15 is 0 Å². The number of thiazole rings is 1. The van der Waals surface area contributed by atoms with Gasteiger partial charge in [-0.3, -0.25) is 9.89 Å². The lowest BCUT2D eigenvalue weighted by Gasteiger charge is -2.31. The minimum absolute atomic E-state index is 0.0887. The Kier molecular flexibility index (Phi) is 5.18. The summed E-state index contributed by atoms with van der Waals surface area (Å²) in [6, 6.07) is 0. The number of nitrogens with one attached hydrogen (secondary N) is 1. The van der Waals surface area contributed by atoms with E-state index in [1.54, 1.807) is 27.9 Å². The van der Waals surface area contributed by atoms with Gasteiger partial charge in [-0.05, 0) is 26.7 Å². The van der Waals surface area contributed by atoms with Gasteiger partial charge in [-0.1, -0.05) is 0 Å². The maximum absolute atomic E-state index is 13.1. The number of carbonyl (C=O) groups is 1. The molecule has 0 aromatic carbocycles. The first-order valence-corrected chi connectivity index (χ1v) is 10.7. The third-order valence-corrected chi connectivity index (χ3v) is 8.06. The first-order valence-electron chi connectivity index (χ1n) is 8.41. The van der Waals surface area contributed by atoms with Crippen LogP contribution in [0.1, 0.15) is 45.5 Å². The van der Waals surface area contributed by atoms with Gasteiger partial charge in [0.15, 0.2) is 4.21 Å². The second-order valence-corrected chi connectivity index (χ2v) is 10.0. The van der Waals surface area contributed by atoms with Crippen molar-refractivity contribution in [1.29, 1.82) is 0 Å². The maximum atomic E-state index is 13.1. The fraction of sp³-hybridized carbons (Fsp3) is 0.562. The molecular weight excluding hydrogens is 374 g/mol. The number of carbonyl (C=O) groups excluding carboxylic acids is 1. The third kappa shape index (κ3) is 3.40. The molecule has 0 saturated carbocycles. The number of nitrogens with zero attached hydrogens (tertiary/aromatic N) is 4. The van der Waals surface area contributed by atoms with Crippen molar-refractivity contribution in [3.05, 3.63) is 28.2 Å². The standard InChI is InChI=1S/C16H23N5O3S2/c1-10-16(25-11(2)18-10)26(23,24)21-7-5-6-12(9-21)14-13(8-17-19-14)15(22)20(3)4/h8,12H,5-7,9H2,1-4H3,(H,17,19)/t12-/m1/s1. The molecule has 3 heterocycles. The summed E-state index contributed by atoms with van der Waals surface area (Å²) in [5.41, 5.74) is 1.75. The zero-order valence-electron chi connectivity index (χ0n) is 15.3. The van der Waals surface area contributed by atoms with Gasteiger partial charge in [0.05, 0.1) is 28.2 Å². The number of aromatic amines is 1. The van der Waals surface area contributed by atoms with E-state index in [-0.39, 0.29) is 11.8 Å². The Labute approximate surface area is 157 Å². The van der Waals surface area contributed by atoms with Crippen LogP contribution < -0.4 is 0 Å². The summed E-state index contributed by atoms with van der Waals surface area (Å²) in [4.78, 5) is 18.1. The molecule has 1 atom stereocenters. The molecule has 1 N–H and O–H groups in total. The molecule has 8 nitrogen and oxygen atoms in total. The van der Waals surface area contributed by atoms with E-state index in [1.807, 2.05) is 0 Å². The van der Waals surface area contributed by atoms with Crippen molar-refractivity contribution < 1.29 is 13.2 Å². The van der Waals surface area contributed by atoms with Crippen LogP contribution in [-0.4, -0.2) is 65.9 Å². The summed E-state index contributed by atoms with van der Waals surface area (Å²) in [6.07, 6.45) is 3.06. The number of hydrogen-bond acceptors (Lipinski definition) is 6. The van der Waals surface area contributed by atoms with E-state index in [0.29, 0.717) is 34.2 Å². The van der Waals surface area contributed by atoms with Gasteiger partial charge >= 0.3 is 0 Å². The molecule has 1 saturated heterocycles. The Balaban J connectivity index is 1.88. The topological polar surface area (TPSA) is 99.3 Å². The average Bonchev–Trinajstić information content (AvgIpc) is 3.20. The Morgan fingerprint density at radius 2 is 2.12 bits per heavy atom. The molecule has 0 unspecified atom stereocenters. The van der Waals surface area contributed by atoms with Crippen LogP contribution in [0.25, 0.3) is 0 Å². The van der Waals surface area contributed by atoms with E-state index in [1.165, 1.54) is 26.7 Å². The van der Waals surface area contributed by atoms with Crippen LogP contribution in [0.2, 0.25) is 0 Å². The lowest BCUT2D eigenvalue weighted by atomic mass is 9.93. The minimum Gasteiger partial charge on any atom is -0.345 e. The molecule has 2 aromatic heterocycles. The second-order valence-electron chi connectivity index (χ2n) is 6.70. The quantitative estimate of drug-likeness (QED) is 0.847. The second kappa shape index (κ2) is 7.09. The van der Waals surface area contributed by atoms with Crippen LogP contribution in [0.3, 0.4) is 0 Å². The average molecular weight is 398 g/mol. The molecule has 26 heavy (non-hydrogen) atoms. The van der Waals surface area contributed by atoms with Gasteiger partial charge in [0.1, 0.15) is 0 Å². The van der Waals surface area contributed by atoms with Gasteiger partial charge in [-0.15, -0.1) is 11.3 Å². The van der Waals surface area contributed by atoms with Gasteiger partial charge in [0.2, 0.25) is 0 Å².